The second kappa shape index (κ2) is 14.7. The van der Waals surface area contributed by atoms with E-state index in [1.165, 1.54) is 5.56 Å². The van der Waals surface area contributed by atoms with Crippen molar-refractivity contribution in [3.8, 4) is 22.8 Å². The number of benzene rings is 2. The quantitative estimate of drug-likeness (QED) is 0.231. The molecule has 1 saturated carbocycles. The molecule has 0 bridgehead atoms. The number of nitrogens with zero attached hydrogens (tertiary/aromatic N) is 4. The highest BCUT2D eigenvalue weighted by Crippen LogP contribution is 2.29. The van der Waals surface area contributed by atoms with Crippen molar-refractivity contribution in [2.45, 2.75) is 70.1 Å². The van der Waals surface area contributed by atoms with Crippen molar-refractivity contribution in [2.75, 3.05) is 26.2 Å². The molecule has 2 aromatic carbocycles. The maximum atomic E-state index is 14.3. The van der Waals surface area contributed by atoms with Crippen molar-refractivity contribution in [3.63, 3.8) is 0 Å². The Balaban J connectivity index is 0.948. The second-order valence-electron chi connectivity index (χ2n) is 13.0. The minimum absolute atomic E-state index is 0.00908. The first-order chi connectivity index (χ1) is 23.5. The Hall–Kier alpha value is -4.61. The molecule has 7 rings (SSSR count). The van der Waals surface area contributed by atoms with Gasteiger partial charge in [-0.25, -0.2) is 14.4 Å². The number of aryl methyl sites for hydroxylation is 2. The highest BCUT2D eigenvalue weighted by atomic mass is 19.1. The first-order valence-electron chi connectivity index (χ1n) is 17.1. The summed E-state index contributed by atoms with van der Waals surface area (Å²) in [6.45, 7) is 5.98. The Bertz CT molecular complexity index is 1720. The summed E-state index contributed by atoms with van der Waals surface area (Å²) in [6.07, 6.45) is 8.84. The summed E-state index contributed by atoms with van der Waals surface area (Å²) in [4.78, 5) is 37.4. The molecule has 2 amide bonds. The highest BCUT2D eigenvalue weighted by molar-refractivity contribution is 5.96. The van der Waals surface area contributed by atoms with Crippen molar-refractivity contribution in [1.82, 2.24) is 35.4 Å². The normalized spacial score (nSPS) is 19.7. The molecule has 4 aromatic rings. The van der Waals surface area contributed by atoms with Crippen LogP contribution >= 0.6 is 0 Å². The van der Waals surface area contributed by atoms with Gasteiger partial charge in [0.1, 0.15) is 28.6 Å². The summed E-state index contributed by atoms with van der Waals surface area (Å²) >= 11 is 0. The first kappa shape index (κ1) is 32.0. The molecule has 0 radical (unpaired) electrons. The molecule has 1 saturated heterocycles. The Morgan fingerprint density at radius 2 is 1.65 bits per heavy atom. The number of fused-ring (bicyclic) bond motifs is 1. The number of aromatic nitrogens is 3. The number of carbonyl (C=O) groups is 2. The van der Waals surface area contributed by atoms with E-state index in [1.807, 2.05) is 24.4 Å². The Morgan fingerprint density at radius 3 is 2.40 bits per heavy atom. The predicted octanol–water partition coefficient (Wildman–Crippen LogP) is 5.09. The summed E-state index contributed by atoms with van der Waals surface area (Å²) in [5.41, 5.74) is 3.79. The zero-order chi connectivity index (χ0) is 32.9. The molecule has 250 valence electrons. The van der Waals surface area contributed by atoms with Crippen LogP contribution in [0, 0.1) is 5.82 Å². The van der Waals surface area contributed by atoms with Gasteiger partial charge in [-0.3, -0.25) is 14.5 Å². The molecule has 2 fully saturated rings. The maximum Gasteiger partial charge on any atom is 0.271 e. The standard InChI is InChI=1S/C37H42FN7O3/c38-28-21-32(35(46)41-29-11-13-30(14-12-29)42-36(47)33-24-45-17-2-1-6-34(45)43-33)37(40-22-28)48-31-5-3-4-27(20-31)26-9-7-25(8-10-26)23-44-18-15-39-16-19-44/h3-5,7-10,20-22,24,29-30,39H,1-2,6,11-19,23H2,(H,41,46)(H,42,47)/t29-,30-. The van der Waals surface area contributed by atoms with Crippen molar-refractivity contribution in [3.05, 3.63) is 95.5 Å². The van der Waals surface area contributed by atoms with Crippen LogP contribution in [0.5, 0.6) is 11.6 Å². The van der Waals surface area contributed by atoms with E-state index in [0.29, 0.717) is 24.3 Å². The number of halogens is 1. The molecule has 3 N–H and O–H groups in total. The maximum absolute atomic E-state index is 14.3. The third-order valence-corrected chi connectivity index (χ3v) is 9.55. The van der Waals surface area contributed by atoms with Crippen molar-refractivity contribution in [1.29, 1.82) is 0 Å². The van der Waals surface area contributed by atoms with Crippen molar-refractivity contribution in [2.24, 2.45) is 0 Å². The second-order valence-corrected chi connectivity index (χ2v) is 13.0. The molecule has 2 aromatic heterocycles. The minimum atomic E-state index is -0.616. The molecule has 0 unspecified atom stereocenters. The van der Waals surface area contributed by atoms with E-state index in [4.69, 9.17) is 4.74 Å². The molecule has 4 heterocycles. The molecule has 0 atom stereocenters. The molecule has 3 aliphatic rings. The number of imidazole rings is 1. The highest BCUT2D eigenvalue weighted by Gasteiger charge is 2.27. The summed E-state index contributed by atoms with van der Waals surface area (Å²) in [5.74, 6) is 0.316. The molecule has 1 aliphatic carbocycles. The minimum Gasteiger partial charge on any atom is -0.438 e. The average Bonchev–Trinajstić information content (AvgIpc) is 3.56. The van der Waals surface area contributed by atoms with Gasteiger partial charge >= 0.3 is 0 Å². The van der Waals surface area contributed by atoms with Gasteiger partial charge in [-0.05, 0) is 73.4 Å². The summed E-state index contributed by atoms with van der Waals surface area (Å²) in [6, 6.07) is 17.2. The van der Waals surface area contributed by atoms with Crippen LogP contribution in [0.15, 0.2) is 67.0 Å². The van der Waals surface area contributed by atoms with Crippen LogP contribution in [0.25, 0.3) is 11.1 Å². The van der Waals surface area contributed by atoms with Crippen molar-refractivity contribution >= 4 is 11.8 Å². The fourth-order valence-electron chi connectivity index (χ4n) is 6.88. The molecule has 2 aliphatic heterocycles. The van der Waals surface area contributed by atoms with Gasteiger partial charge in [0.2, 0.25) is 5.88 Å². The smallest absolute Gasteiger partial charge is 0.271 e. The number of hydrogen-bond acceptors (Lipinski definition) is 7. The van der Waals surface area contributed by atoms with E-state index in [1.54, 1.807) is 6.07 Å². The van der Waals surface area contributed by atoms with E-state index >= 15 is 0 Å². The van der Waals surface area contributed by atoms with Gasteiger partial charge < -0.3 is 25.3 Å². The van der Waals surface area contributed by atoms with Gasteiger partial charge in [0.05, 0.1) is 6.20 Å². The van der Waals surface area contributed by atoms with E-state index in [2.05, 4.69) is 59.7 Å². The van der Waals surface area contributed by atoms with Gasteiger partial charge in [-0.1, -0.05) is 36.4 Å². The van der Waals surface area contributed by atoms with Gasteiger partial charge in [0.25, 0.3) is 11.8 Å². The zero-order valence-electron chi connectivity index (χ0n) is 27.1. The summed E-state index contributed by atoms with van der Waals surface area (Å²) < 4.78 is 22.5. The number of amides is 2. The van der Waals surface area contributed by atoms with Gasteiger partial charge in [-0.2, -0.15) is 0 Å². The lowest BCUT2D eigenvalue weighted by atomic mass is 9.91. The third-order valence-electron chi connectivity index (χ3n) is 9.55. The Morgan fingerprint density at radius 1 is 0.896 bits per heavy atom. The lowest BCUT2D eigenvalue weighted by Crippen LogP contribution is -2.44. The molecular formula is C37H42FN7O3. The van der Waals surface area contributed by atoms with Crippen LogP contribution in [-0.2, 0) is 19.5 Å². The monoisotopic (exact) mass is 651 g/mol. The van der Waals surface area contributed by atoms with E-state index < -0.39 is 11.7 Å². The number of carbonyl (C=O) groups excluding carboxylic acids is 2. The van der Waals surface area contributed by atoms with Crippen LogP contribution in [0.2, 0.25) is 0 Å². The number of rotatable bonds is 9. The van der Waals surface area contributed by atoms with Crippen LogP contribution in [-0.4, -0.2) is 69.5 Å². The number of pyridine rings is 1. The number of ether oxygens (including phenoxy) is 1. The molecule has 11 heteroatoms. The van der Waals surface area contributed by atoms with Crippen LogP contribution in [0.4, 0.5) is 4.39 Å². The van der Waals surface area contributed by atoms with E-state index in [-0.39, 0.29) is 29.4 Å². The molecular weight excluding hydrogens is 609 g/mol. The predicted molar refractivity (Wildman–Crippen MR) is 180 cm³/mol. The van der Waals surface area contributed by atoms with E-state index in [0.717, 1.165) is 101 Å². The topological polar surface area (TPSA) is 113 Å². The fraction of sp³-hybridized carbons (Fsp3) is 0.405. The van der Waals surface area contributed by atoms with Gasteiger partial charge in [0.15, 0.2) is 0 Å². The van der Waals surface area contributed by atoms with Crippen LogP contribution in [0.1, 0.15) is 70.8 Å². The molecule has 48 heavy (non-hydrogen) atoms. The summed E-state index contributed by atoms with van der Waals surface area (Å²) in [5, 5.41) is 9.54. The number of hydrogen-bond donors (Lipinski definition) is 3. The SMILES string of the molecule is O=C(N[C@H]1CC[C@H](NC(=O)c2cc(F)cnc2Oc2cccc(-c3ccc(CN4CCNCC4)cc3)c2)CC1)c1cn2c(n1)CCCC2. The molecule has 0 spiro atoms. The van der Waals surface area contributed by atoms with Crippen LogP contribution < -0.4 is 20.7 Å². The van der Waals surface area contributed by atoms with Crippen LogP contribution in [0.3, 0.4) is 0 Å². The first-order valence-corrected chi connectivity index (χ1v) is 17.1. The fourth-order valence-corrected chi connectivity index (χ4v) is 6.88. The third kappa shape index (κ3) is 7.74. The Labute approximate surface area is 280 Å². The Kier molecular flexibility index (Phi) is 9.76. The lowest BCUT2D eigenvalue weighted by molar-refractivity contribution is 0.0887. The average molecular weight is 652 g/mol. The zero-order valence-corrected chi connectivity index (χ0v) is 27.1. The van der Waals surface area contributed by atoms with Gasteiger partial charge in [-0.15, -0.1) is 0 Å². The van der Waals surface area contributed by atoms with Crippen molar-refractivity contribution < 1.29 is 18.7 Å². The lowest BCUT2D eigenvalue weighted by Gasteiger charge is -2.29. The van der Waals surface area contributed by atoms with E-state index in [9.17, 15) is 14.0 Å². The summed E-state index contributed by atoms with van der Waals surface area (Å²) in [7, 11) is 0. The number of piperazine rings is 1. The number of nitrogens with one attached hydrogen (secondary N) is 3. The van der Waals surface area contributed by atoms with Gasteiger partial charge in [0, 0.05) is 64.0 Å². The molecule has 10 nitrogen and oxygen atoms in total. The largest absolute Gasteiger partial charge is 0.438 e.